The van der Waals surface area contributed by atoms with Gasteiger partial charge in [0.25, 0.3) is 0 Å². The van der Waals surface area contributed by atoms with E-state index in [4.69, 9.17) is 0 Å². The lowest BCUT2D eigenvalue weighted by Gasteiger charge is -2.16. The van der Waals surface area contributed by atoms with E-state index < -0.39 is 17.8 Å². The van der Waals surface area contributed by atoms with E-state index in [9.17, 15) is 18.0 Å². The first-order valence-electron chi connectivity index (χ1n) is 9.40. The lowest BCUT2D eigenvalue weighted by Crippen LogP contribution is -2.22. The first-order valence-corrected chi connectivity index (χ1v) is 9.40. The molecule has 1 aliphatic rings. The molecular formula is C22H18F3N4O. The summed E-state index contributed by atoms with van der Waals surface area (Å²) in [6.45, 7) is 0. The van der Waals surface area contributed by atoms with E-state index >= 15 is 0 Å². The van der Waals surface area contributed by atoms with Crippen LogP contribution in [0.1, 0.15) is 23.1 Å². The van der Waals surface area contributed by atoms with E-state index in [-0.39, 0.29) is 11.6 Å². The van der Waals surface area contributed by atoms with Gasteiger partial charge >= 0.3 is 12.2 Å². The summed E-state index contributed by atoms with van der Waals surface area (Å²) in [6.07, 6.45) is 3.87. The van der Waals surface area contributed by atoms with Gasteiger partial charge in [-0.25, -0.2) is 14.8 Å². The third-order valence-corrected chi connectivity index (χ3v) is 4.88. The number of aryl methyl sites for hydroxylation is 1. The second-order valence-corrected chi connectivity index (χ2v) is 6.93. The van der Waals surface area contributed by atoms with Crippen LogP contribution in [-0.2, 0) is 19.0 Å². The van der Waals surface area contributed by atoms with Crippen LogP contribution in [0.15, 0.2) is 54.9 Å². The maximum Gasteiger partial charge on any atom is 0.418 e. The zero-order valence-corrected chi connectivity index (χ0v) is 15.8. The molecule has 0 unspecified atom stereocenters. The van der Waals surface area contributed by atoms with Gasteiger partial charge < -0.3 is 5.32 Å². The van der Waals surface area contributed by atoms with Crippen molar-refractivity contribution in [3.8, 4) is 11.1 Å². The van der Waals surface area contributed by atoms with Crippen molar-refractivity contribution < 1.29 is 18.0 Å². The molecule has 2 amide bonds. The van der Waals surface area contributed by atoms with Crippen LogP contribution in [-0.4, -0.2) is 16.0 Å². The molecule has 1 aromatic heterocycles. The molecule has 5 nitrogen and oxygen atoms in total. The molecule has 30 heavy (non-hydrogen) atoms. The lowest BCUT2D eigenvalue weighted by molar-refractivity contribution is -0.136. The van der Waals surface area contributed by atoms with Crippen LogP contribution in [0.2, 0.25) is 0 Å². The predicted octanol–water partition coefficient (Wildman–Crippen LogP) is 5.50. The van der Waals surface area contributed by atoms with Crippen molar-refractivity contribution in [2.45, 2.75) is 25.4 Å². The third-order valence-electron chi connectivity index (χ3n) is 4.88. The normalized spacial score (nSPS) is 13.4. The highest BCUT2D eigenvalue weighted by molar-refractivity contribution is 5.99. The van der Waals surface area contributed by atoms with Gasteiger partial charge in [-0.05, 0) is 54.5 Å². The molecule has 0 aliphatic heterocycles. The number of benzene rings is 2. The summed E-state index contributed by atoms with van der Waals surface area (Å²) >= 11 is 0. The minimum atomic E-state index is -4.57. The van der Waals surface area contributed by atoms with Gasteiger partial charge in [-0.1, -0.05) is 30.3 Å². The zero-order chi connectivity index (χ0) is 21.1. The summed E-state index contributed by atoms with van der Waals surface area (Å²) in [5.41, 5.74) is 3.12. The SMILES string of the molecule is O=C(Nc1ncc(-c2ccc3c(c2)CC[CH]C3)cn1)Nc1ccccc1C(F)(F)F. The fourth-order valence-electron chi connectivity index (χ4n) is 3.39. The highest BCUT2D eigenvalue weighted by Gasteiger charge is 2.33. The second kappa shape index (κ2) is 8.14. The number of urea groups is 1. The minimum Gasteiger partial charge on any atom is -0.307 e. The number of nitrogens with zero attached hydrogens (tertiary/aromatic N) is 2. The molecule has 153 valence electrons. The van der Waals surface area contributed by atoms with Gasteiger partial charge in [-0.15, -0.1) is 0 Å². The van der Waals surface area contributed by atoms with Crippen LogP contribution >= 0.6 is 0 Å². The molecule has 0 atom stereocenters. The minimum absolute atomic E-state index is 0.00620. The highest BCUT2D eigenvalue weighted by atomic mass is 19.4. The third kappa shape index (κ3) is 4.42. The quantitative estimate of drug-likeness (QED) is 0.598. The van der Waals surface area contributed by atoms with E-state index in [1.165, 1.54) is 29.3 Å². The number of halogens is 3. The molecule has 4 rings (SSSR count). The number of hydrogen-bond acceptors (Lipinski definition) is 3. The molecule has 0 saturated heterocycles. The number of para-hydroxylation sites is 1. The first-order chi connectivity index (χ1) is 14.4. The Morgan fingerprint density at radius 2 is 1.70 bits per heavy atom. The maximum atomic E-state index is 13.0. The number of rotatable bonds is 3. The van der Waals surface area contributed by atoms with Gasteiger partial charge in [0.2, 0.25) is 5.95 Å². The molecule has 1 heterocycles. The number of amides is 2. The average molecular weight is 411 g/mol. The Bertz CT molecular complexity index is 1060. The second-order valence-electron chi connectivity index (χ2n) is 6.93. The number of anilines is 2. The van der Waals surface area contributed by atoms with Crippen LogP contribution < -0.4 is 10.6 Å². The van der Waals surface area contributed by atoms with Crippen molar-refractivity contribution in [3.63, 3.8) is 0 Å². The summed E-state index contributed by atoms with van der Waals surface area (Å²) in [7, 11) is 0. The monoisotopic (exact) mass is 411 g/mol. The Morgan fingerprint density at radius 1 is 0.933 bits per heavy atom. The van der Waals surface area contributed by atoms with Gasteiger partial charge in [0.05, 0.1) is 11.3 Å². The highest BCUT2D eigenvalue weighted by Crippen LogP contribution is 2.34. The average Bonchev–Trinajstić information content (AvgIpc) is 2.73. The predicted molar refractivity (Wildman–Crippen MR) is 108 cm³/mol. The van der Waals surface area contributed by atoms with Crippen LogP contribution in [0.25, 0.3) is 11.1 Å². The number of carbonyl (C=O) groups is 1. The van der Waals surface area contributed by atoms with Crippen molar-refractivity contribution >= 4 is 17.7 Å². The summed E-state index contributed by atoms with van der Waals surface area (Å²) in [6, 6.07) is 10.1. The van der Waals surface area contributed by atoms with Crippen molar-refractivity contribution in [2.75, 3.05) is 10.6 Å². The maximum absolute atomic E-state index is 13.0. The fraction of sp³-hybridized carbons (Fsp3) is 0.182. The van der Waals surface area contributed by atoms with E-state index in [1.54, 1.807) is 12.4 Å². The number of fused-ring (bicyclic) bond motifs is 1. The molecular weight excluding hydrogens is 393 g/mol. The Morgan fingerprint density at radius 3 is 2.47 bits per heavy atom. The Balaban J connectivity index is 1.45. The lowest BCUT2D eigenvalue weighted by atomic mass is 9.89. The van der Waals surface area contributed by atoms with E-state index in [1.807, 2.05) is 6.07 Å². The fourth-order valence-corrected chi connectivity index (χ4v) is 3.39. The summed E-state index contributed by atoms with van der Waals surface area (Å²) in [5.74, 6) is -0.00620. The number of nitrogens with one attached hydrogen (secondary N) is 2. The van der Waals surface area contributed by atoms with Crippen molar-refractivity contribution in [1.82, 2.24) is 9.97 Å². The Labute approximate surface area is 171 Å². The van der Waals surface area contributed by atoms with Crippen LogP contribution in [0.5, 0.6) is 0 Å². The molecule has 3 aromatic rings. The molecule has 8 heteroatoms. The standard InChI is InChI=1S/C22H18F3N4O/c23-22(24,25)18-7-3-4-8-19(18)28-21(30)29-20-26-12-17(13-27-20)16-10-9-14-5-1-2-6-15(14)11-16/h1,3-4,7-13H,2,5-6H2,(H2,26,27,28,29,30). The van der Waals surface area contributed by atoms with Crippen molar-refractivity contribution in [3.05, 3.63) is 78.0 Å². The van der Waals surface area contributed by atoms with E-state index in [0.717, 1.165) is 36.5 Å². The summed E-state index contributed by atoms with van der Waals surface area (Å²) < 4.78 is 39.1. The summed E-state index contributed by atoms with van der Waals surface area (Å²) in [5, 5.41) is 4.55. The van der Waals surface area contributed by atoms with Gasteiger partial charge in [0.1, 0.15) is 0 Å². The van der Waals surface area contributed by atoms with Crippen molar-refractivity contribution in [1.29, 1.82) is 0 Å². The van der Waals surface area contributed by atoms with E-state index in [2.05, 4.69) is 39.2 Å². The molecule has 2 N–H and O–H groups in total. The smallest absolute Gasteiger partial charge is 0.307 e. The molecule has 2 aromatic carbocycles. The largest absolute Gasteiger partial charge is 0.418 e. The molecule has 0 spiro atoms. The van der Waals surface area contributed by atoms with Crippen LogP contribution in [0.4, 0.5) is 29.6 Å². The number of carbonyl (C=O) groups excluding carboxylic acids is 1. The van der Waals surface area contributed by atoms with Gasteiger partial charge in [-0.3, -0.25) is 5.32 Å². The van der Waals surface area contributed by atoms with E-state index in [0.29, 0.717) is 0 Å². The van der Waals surface area contributed by atoms with Gasteiger partial charge in [0.15, 0.2) is 0 Å². The summed E-state index contributed by atoms with van der Waals surface area (Å²) in [4.78, 5) is 20.3. The van der Waals surface area contributed by atoms with Crippen molar-refractivity contribution in [2.24, 2.45) is 0 Å². The molecule has 0 bridgehead atoms. The molecule has 0 saturated carbocycles. The van der Waals surface area contributed by atoms with Crippen LogP contribution in [0.3, 0.4) is 0 Å². The number of aromatic nitrogens is 2. The zero-order valence-electron chi connectivity index (χ0n) is 15.8. The van der Waals surface area contributed by atoms with Gasteiger partial charge in [0, 0.05) is 18.0 Å². The van der Waals surface area contributed by atoms with Gasteiger partial charge in [-0.2, -0.15) is 13.2 Å². The number of alkyl halides is 3. The molecule has 0 fully saturated rings. The molecule has 1 radical (unpaired) electrons. The number of hydrogen-bond donors (Lipinski definition) is 2. The first kappa shape index (κ1) is 19.9. The van der Waals surface area contributed by atoms with Crippen LogP contribution in [0, 0.1) is 6.42 Å². The Kier molecular flexibility index (Phi) is 5.39. The molecule has 1 aliphatic carbocycles. The topological polar surface area (TPSA) is 66.9 Å². The Hall–Kier alpha value is -3.42.